The van der Waals surface area contributed by atoms with E-state index < -0.39 is 0 Å². The quantitative estimate of drug-likeness (QED) is 0.745. The van der Waals surface area contributed by atoms with Gasteiger partial charge in [0.15, 0.2) is 0 Å². The summed E-state index contributed by atoms with van der Waals surface area (Å²) < 4.78 is 5.42. The van der Waals surface area contributed by atoms with Gasteiger partial charge < -0.3 is 9.73 Å². The van der Waals surface area contributed by atoms with E-state index in [0.29, 0.717) is 6.04 Å². The summed E-state index contributed by atoms with van der Waals surface area (Å²) in [6, 6.07) is 4.58. The van der Waals surface area contributed by atoms with Crippen LogP contribution in [-0.4, -0.2) is 6.04 Å². The lowest BCUT2D eigenvalue weighted by atomic mass is 10.2. The molecule has 1 atom stereocenters. The van der Waals surface area contributed by atoms with E-state index in [1.54, 1.807) is 0 Å². The van der Waals surface area contributed by atoms with Crippen LogP contribution in [0.3, 0.4) is 0 Å². The second-order valence-corrected chi connectivity index (χ2v) is 3.20. The van der Waals surface area contributed by atoms with Crippen LogP contribution in [0, 0.1) is 6.92 Å². The predicted molar refractivity (Wildman–Crippen MR) is 50.0 cm³/mol. The summed E-state index contributed by atoms with van der Waals surface area (Å²) in [6.07, 6.45) is 1.15. The molecule has 1 aromatic heterocycles. The zero-order valence-electron chi connectivity index (χ0n) is 8.05. The van der Waals surface area contributed by atoms with E-state index in [1.807, 2.05) is 19.1 Å². The van der Waals surface area contributed by atoms with Gasteiger partial charge in [0.25, 0.3) is 0 Å². The highest BCUT2D eigenvalue weighted by atomic mass is 16.3. The number of furan rings is 1. The molecule has 0 aliphatic heterocycles. The SMILES string of the molecule is CC[C@H](C)NCc1ccc(C)o1. The summed E-state index contributed by atoms with van der Waals surface area (Å²) in [7, 11) is 0. The Balaban J connectivity index is 2.33. The summed E-state index contributed by atoms with van der Waals surface area (Å²) in [6.45, 7) is 7.15. The van der Waals surface area contributed by atoms with Crippen molar-refractivity contribution >= 4 is 0 Å². The number of aryl methyl sites for hydroxylation is 1. The van der Waals surface area contributed by atoms with Crippen LogP contribution < -0.4 is 5.32 Å². The monoisotopic (exact) mass is 167 g/mol. The summed E-state index contributed by atoms with van der Waals surface area (Å²) in [5.74, 6) is 2.00. The average molecular weight is 167 g/mol. The van der Waals surface area contributed by atoms with Gasteiger partial charge in [-0.05, 0) is 32.4 Å². The molecule has 68 valence electrons. The number of hydrogen-bond acceptors (Lipinski definition) is 2. The van der Waals surface area contributed by atoms with Crippen molar-refractivity contribution in [1.82, 2.24) is 5.32 Å². The molecule has 0 saturated heterocycles. The second-order valence-electron chi connectivity index (χ2n) is 3.20. The molecule has 0 bridgehead atoms. The highest BCUT2D eigenvalue weighted by Crippen LogP contribution is 2.05. The van der Waals surface area contributed by atoms with Gasteiger partial charge in [-0.25, -0.2) is 0 Å². The maximum absolute atomic E-state index is 5.42. The van der Waals surface area contributed by atoms with Crippen LogP contribution in [0.2, 0.25) is 0 Å². The highest BCUT2D eigenvalue weighted by Gasteiger charge is 2.00. The summed E-state index contributed by atoms with van der Waals surface area (Å²) in [5.41, 5.74) is 0. The molecule has 1 rings (SSSR count). The fourth-order valence-electron chi connectivity index (χ4n) is 0.999. The van der Waals surface area contributed by atoms with Crippen LogP contribution in [0.1, 0.15) is 31.8 Å². The number of nitrogens with one attached hydrogen (secondary N) is 1. The molecule has 1 aromatic rings. The van der Waals surface area contributed by atoms with Crippen molar-refractivity contribution in [2.24, 2.45) is 0 Å². The third-order valence-corrected chi connectivity index (χ3v) is 2.03. The fraction of sp³-hybridized carbons (Fsp3) is 0.600. The molecule has 0 amide bonds. The Bertz CT molecular complexity index is 229. The predicted octanol–water partition coefficient (Wildman–Crippen LogP) is 2.48. The molecule has 0 saturated carbocycles. The minimum Gasteiger partial charge on any atom is -0.465 e. The van der Waals surface area contributed by atoms with Crippen LogP contribution in [0.5, 0.6) is 0 Å². The van der Waals surface area contributed by atoms with Crippen LogP contribution in [0.25, 0.3) is 0 Å². The topological polar surface area (TPSA) is 25.2 Å². The minimum atomic E-state index is 0.565. The first-order valence-electron chi connectivity index (χ1n) is 4.51. The van der Waals surface area contributed by atoms with E-state index in [2.05, 4.69) is 19.2 Å². The van der Waals surface area contributed by atoms with Crippen molar-refractivity contribution in [3.63, 3.8) is 0 Å². The lowest BCUT2D eigenvalue weighted by Crippen LogP contribution is -2.24. The average Bonchev–Trinajstić information content (AvgIpc) is 2.47. The van der Waals surface area contributed by atoms with Crippen LogP contribution in [0.4, 0.5) is 0 Å². The van der Waals surface area contributed by atoms with E-state index in [1.165, 1.54) is 0 Å². The molecule has 0 aromatic carbocycles. The zero-order valence-corrected chi connectivity index (χ0v) is 8.05. The summed E-state index contributed by atoms with van der Waals surface area (Å²) in [5, 5.41) is 3.37. The zero-order chi connectivity index (χ0) is 8.97. The Morgan fingerprint density at radius 2 is 2.25 bits per heavy atom. The standard InChI is InChI=1S/C10H17NO/c1-4-8(2)11-7-10-6-5-9(3)12-10/h5-6,8,11H,4,7H2,1-3H3/t8-/m0/s1. The highest BCUT2D eigenvalue weighted by molar-refractivity contribution is 5.05. The van der Waals surface area contributed by atoms with Gasteiger partial charge in [0.05, 0.1) is 6.54 Å². The van der Waals surface area contributed by atoms with Gasteiger partial charge in [-0.1, -0.05) is 6.92 Å². The van der Waals surface area contributed by atoms with Crippen LogP contribution in [0.15, 0.2) is 16.5 Å². The molecule has 1 heterocycles. The van der Waals surface area contributed by atoms with Crippen molar-refractivity contribution in [3.05, 3.63) is 23.7 Å². The molecule has 2 heteroatoms. The van der Waals surface area contributed by atoms with Crippen LogP contribution >= 0.6 is 0 Å². The van der Waals surface area contributed by atoms with E-state index in [0.717, 1.165) is 24.5 Å². The summed E-state index contributed by atoms with van der Waals surface area (Å²) in [4.78, 5) is 0. The molecule has 2 nitrogen and oxygen atoms in total. The van der Waals surface area contributed by atoms with Crippen molar-refractivity contribution < 1.29 is 4.42 Å². The van der Waals surface area contributed by atoms with Gasteiger partial charge in [-0.3, -0.25) is 0 Å². The molecular weight excluding hydrogens is 150 g/mol. The molecule has 0 spiro atoms. The van der Waals surface area contributed by atoms with Gasteiger partial charge >= 0.3 is 0 Å². The molecule has 0 fully saturated rings. The molecule has 0 unspecified atom stereocenters. The summed E-state index contributed by atoms with van der Waals surface area (Å²) >= 11 is 0. The van der Waals surface area contributed by atoms with Gasteiger partial charge in [-0.2, -0.15) is 0 Å². The first kappa shape index (κ1) is 9.33. The van der Waals surface area contributed by atoms with Gasteiger partial charge in [0.1, 0.15) is 11.5 Å². The van der Waals surface area contributed by atoms with E-state index in [-0.39, 0.29) is 0 Å². The Labute approximate surface area is 74.0 Å². The van der Waals surface area contributed by atoms with Gasteiger partial charge in [0, 0.05) is 6.04 Å². The maximum Gasteiger partial charge on any atom is 0.117 e. The van der Waals surface area contributed by atoms with E-state index >= 15 is 0 Å². The number of hydrogen-bond donors (Lipinski definition) is 1. The molecule has 0 aliphatic carbocycles. The first-order valence-corrected chi connectivity index (χ1v) is 4.51. The van der Waals surface area contributed by atoms with Crippen molar-refractivity contribution in [3.8, 4) is 0 Å². The van der Waals surface area contributed by atoms with Crippen LogP contribution in [-0.2, 0) is 6.54 Å². The molecular formula is C10H17NO. The van der Waals surface area contributed by atoms with Gasteiger partial charge in [-0.15, -0.1) is 0 Å². The largest absolute Gasteiger partial charge is 0.465 e. The van der Waals surface area contributed by atoms with E-state index in [4.69, 9.17) is 4.42 Å². The third kappa shape index (κ3) is 2.70. The molecule has 0 radical (unpaired) electrons. The lowest BCUT2D eigenvalue weighted by Gasteiger charge is -2.08. The Morgan fingerprint density at radius 1 is 1.50 bits per heavy atom. The van der Waals surface area contributed by atoms with Gasteiger partial charge in [0.2, 0.25) is 0 Å². The Hall–Kier alpha value is -0.760. The Morgan fingerprint density at radius 3 is 2.75 bits per heavy atom. The lowest BCUT2D eigenvalue weighted by molar-refractivity contribution is 0.436. The van der Waals surface area contributed by atoms with Crippen molar-refractivity contribution in [1.29, 1.82) is 0 Å². The Kier molecular flexibility index (Phi) is 3.35. The fourth-order valence-corrected chi connectivity index (χ4v) is 0.999. The van der Waals surface area contributed by atoms with Crippen molar-refractivity contribution in [2.75, 3.05) is 0 Å². The molecule has 1 N–H and O–H groups in total. The number of rotatable bonds is 4. The normalized spacial score (nSPS) is 13.2. The first-order chi connectivity index (χ1) is 5.72. The second kappa shape index (κ2) is 4.31. The maximum atomic E-state index is 5.42. The smallest absolute Gasteiger partial charge is 0.117 e. The van der Waals surface area contributed by atoms with Crippen molar-refractivity contribution in [2.45, 2.75) is 39.8 Å². The minimum absolute atomic E-state index is 0.565. The molecule has 12 heavy (non-hydrogen) atoms. The third-order valence-electron chi connectivity index (χ3n) is 2.03. The molecule has 0 aliphatic rings. The van der Waals surface area contributed by atoms with E-state index in [9.17, 15) is 0 Å².